The smallest absolute Gasteiger partial charge is 0.0439 e. The fourth-order valence-electron chi connectivity index (χ4n) is 1.17. The molecule has 16 heavy (non-hydrogen) atoms. The molecule has 1 aromatic heterocycles. The normalized spacial score (nSPS) is 8.25. The number of hydrogen-bond acceptors (Lipinski definition) is 1. The lowest BCUT2D eigenvalue weighted by Crippen LogP contribution is -1.74. The van der Waals surface area contributed by atoms with E-state index in [2.05, 4.69) is 28.7 Å². The van der Waals surface area contributed by atoms with Crippen LogP contribution in [-0.4, -0.2) is 4.98 Å². The molecule has 0 spiro atoms. The van der Waals surface area contributed by atoms with Gasteiger partial charge in [-0.05, 0) is 36.1 Å². The first-order valence-corrected chi connectivity index (χ1v) is 4.92. The zero-order chi connectivity index (χ0) is 11.1. The summed E-state index contributed by atoms with van der Waals surface area (Å²) < 4.78 is 0. The maximum absolute atomic E-state index is 3.97. The van der Waals surface area contributed by atoms with Gasteiger partial charge in [0.25, 0.3) is 0 Å². The van der Waals surface area contributed by atoms with Crippen molar-refractivity contribution in [1.82, 2.24) is 4.98 Å². The number of hydrogen-bond donors (Lipinski definition) is 0. The molecule has 0 bridgehead atoms. The van der Waals surface area contributed by atoms with Crippen LogP contribution in [0.1, 0.15) is 11.1 Å². The molecule has 2 rings (SSSR count). The monoisotopic (exact) mass is 203 g/mol. The molecule has 2 aromatic rings. The topological polar surface area (TPSA) is 12.9 Å². The lowest BCUT2D eigenvalue weighted by Gasteiger charge is -1.84. The number of rotatable bonds is 0. The molecule has 0 aliphatic heterocycles. The first-order chi connectivity index (χ1) is 7.95. The molecule has 0 saturated carbocycles. The van der Waals surface area contributed by atoms with Gasteiger partial charge in [-0.25, -0.2) is 0 Å². The Morgan fingerprint density at radius 3 is 2.12 bits per heavy atom. The molecule has 0 atom stereocenters. The van der Waals surface area contributed by atoms with Gasteiger partial charge in [-0.1, -0.05) is 30.0 Å². The lowest BCUT2D eigenvalue weighted by atomic mass is 10.2. The van der Waals surface area contributed by atoms with Gasteiger partial charge in [-0.3, -0.25) is 4.98 Å². The highest BCUT2D eigenvalue weighted by atomic mass is 14.6. The predicted octanol–water partition coefficient (Wildman–Crippen LogP) is 2.48. The summed E-state index contributed by atoms with van der Waals surface area (Å²) in [5, 5.41) is 0. The maximum Gasteiger partial charge on any atom is 0.0439 e. The molecule has 1 heteroatoms. The Morgan fingerprint density at radius 2 is 1.44 bits per heavy atom. The van der Waals surface area contributed by atoms with E-state index >= 15 is 0 Å². The molecule has 0 amide bonds. The molecule has 0 saturated heterocycles. The fraction of sp³-hybridized carbons (Fsp3) is 0. The average Bonchev–Trinajstić information content (AvgIpc) is 2.37. The summed E-state index contributed by atoms with van der Waals surface area (Å²) in [6.45, 7) is 0. The van der Waals surface area contributed by atoms with Gasteiger partial charge < -0.3 is 0 Å². The van der Waals surface area contributed by atoms with E-state index in [-0.39, 0.29) is 0 Å². The Balaban J connectivity index is 2.09. The van der Waals surface area contributed by atoms with Crippen LogP contribution in [0.25, 0.3) is 0 Å². The molecule has 1 aromatic carbocycles. The van der Waals surface area contributed by atoms with Gasteiger partial charge in [0.15, 0.2) is 0 Å². The van der Waals surface area contributed by atoms with Crippen molar-refractivity contribution in [3.05, 3.63) is 66.0 Å². The molecule has 74 valence electrons. The highest BCUT2D eigenvalue weighted by Crippen LogP contribution is 1.94. The highest BCUT2D eigenvalue weighted by molar-refractivity contribution is 5.43. The van der Waals surface area contributed by atoms with E-state index < -0.39 is 0 Å². The molecule has 0 aliphatic carbocycles. The molecule has 0 aliphatic rings. The third-order valence-corrected chi connectivity index (χ3v) is 1.91. The summed E-state index contributed by atoms with van der Waals surface area (Å²) in [5.74, 6) is 11.5. The van der Waals surface area contributed by atoms with E-state index in [0.29, 0.717) is 0 Å². The van der Waals surface area contributed by atoms with Crippen LogP contribution in [0.3, 0.4) is 0 Å². The highest BCUT2D eigenvalue weighted by Gasteiger charge is 1.81. The fourth-order valence-corrected chi connectivity index (χ4v) is 1.17. The average molecular weight is 203 g/mol. The summed E-state index contributed by atoms with van der Waals surface area (Å²) in [4.78, 5) is 3.97. The summed E-state index contributed by atoms with van der Waals surface area (Å²) in [5.41, 5.74) is 1.85. The second-order valence-electron chi connectivity index (χ2n) is 3.11. The minimum atomic E-state index is 0.880. The predicted molar refractivity (Wildman–Crippen MR) is 64.4 cm³/mol. The van der Waals surface area contributed by atoms with Crippen LogP contribution >= 0.6 is 0 Å². The second kappa shape index (κ2) is 5.39. The lowest BCUT2D eigenvalue weighted by molar-refractivity contribution is 1.31. The van der Waals surface area contributed by atoms with E-state index in [1.807, 2.05) is 42.5 Å². The number of benzene rings is 1. The zero-order valence-electron chi connectivity index (χ0n) is 8.64. The molecule has 0 radical (unpaired) electrons. The summed E-state index contributed by atoms with van der Waals surface area (Å²) in [7, 11) is 0. The van der Waals surface area contributed by atoms with Crippen LogP contribution in [0.2, 0.25) is 0 Å². The molecule has 0 fully saturated rings. The van der Waals surface area contributed by atoms with Gasteiger partial charge in [0.1, 0.15) is 0 Å². The SMILES string of the molecule is C(C#Cc1cccnc1)#Cc1ccccc1. The van der Waals surface area contributed by atoms with Crippen LogP contribution in [0, 0.1) is 23.7 Å². The van der Waals surface area contributed by atoms with Crippen molar-refractivity contribution in [2.45, 2.75) is 0 Å². The Morgan fingerprint density at radius 1 is 0.750 bits per heavy atom. The molecule has 0 unspecified atom stereocenters. The van der Waals surface area contributed by atoms with E-state index in [9.17, 15) is 0 Å². The Labute approximate surface area is 95.2 Å². The van der Waals surface area contributed by atoms with Crippen molar-refractivity contribution in [2.75, 3.05) is 0 Å². The molecule has 1 nitrogen and oxygen atoms in total. The van der Waals surface area contributed by atoms with Crippen LogP contribution in [0.15, 0.2) is 54.9 Å². The zero-order valence-corrected chi connectivity index (χ0v) is 8.64. The molecule has 0 N–H and O–H groups in total. The van der Waals surface area contributed by atoms with E-state index in [1.165, 1.54) is 0 Å². The van der Waals surface area contributed by atoms with Gasteiger partial charge >= 0.3 is 0 Å². The molecule has 1 heterocycles. The van der Waals surface area contributed by atoms with Crippen molar-refractivity contribution >= 4 is 0 Å². The molecular formula is C15H9N. The van der Waals surface area contributed by atoms with E-state index in [4.69, 9.17) is 0 Å². The van der Waals surface area contributed by atoms with Crippen molar-refractivity contribution in [3.63, 3.8) is 0 Å². The van der Waals surface area contributed by atoms with Crippen molar-refractivity contribution < 1.29 is 0 Å². The third-order valence-electron chi connectivity index (χ3n) is 1.91. The van der Waals surface area contributed by atoms with Crippen molar-refractivity contribution in [2.24, 2.45) is 0 Å². The largest absolute Gasteiger partial charge is 0.263 e. The van der Waals surface area contributed by atoms with Gasteiger partial charge in [0.05, 0.1) is 0 Å². The van der Waals surface area contributed by atoms with Gasteiger partial charge in [0, 0.05) is 23.5 Å². The Bertz CT molecular complexity index is 507. The van der Waals surface area contributed by atoms with Gasteiger partial charge in [-0.2, -0.15) is 0 Å². The third kappa shape index (κ3) is 3.01. The Hall–Kier alpha value is -2.51. The van der Waals surface area contributed by atoms with Crippen molar-refractivity contribution in [3.8, 4) is 23.7 Å². The van der Waals surface area contributed by atoms with Crippen LogP contribution in [-0.2, 0) is 0 Å². The minimum absolute atomic E-state index is 0.880. The summed E-state index contributed by atoms with van der Waals surface area (Å²) in [6.07, 6.45) is 3.44. The number of nitrogens with zero attached hydrogens (tertiary/aromatic N) is 1. The standard InChI is InChI=1S/C15H9N/c1-2-7-14(8-3-1)9-4-5-10-15-11-6-12-16-13-15/h1-3,6-8,11-13H. The van der Waals surface area contributed by atoms with Crippen LogP contribution in [0.5, 0.6) is 0 Å². The first-order valence-electron chi connectivity index (χ1n) is 4.92. The quantitative estimate of drug-likeness (QED) is 0.599. The maximum atomic E-state index is 3.97. The second-order valence-corrected chi connectivity index (χ2v) is 3.11. The number of aromatic nitrogens is 1. The first kappa shape index (κ1) is 10.0. The van der Waals surface area contributed by atoms with Crippen LogP contribution in [0.4, 0.5) is 0 Å². The molecular weight excluding hydrogens is 194 g/mol. The van der Waals surface area contributed by atoms with E-state index in [1.54, 1.807) is 12.4 Å². The number of pyridine rings is 1. The van der Waals surface area contributed by atoms with Gasteiger partial charge in [0.2, 0.25) is 0 Å². The minimum Gasteiger partial charge on any atom is -0.263 e. The van der Waals surface area contributed by atoms with Gasteiger partial charge in [-0.15, -0.1) is 0 Å². The summed E-state index contributed by atoms with van der Waals surface area (Å²) in [6, 6.07) is 13.6. The Kier molecular flexibility index (Phi) is 3.38. The van der Waals surface area contributed by atoms with Crippen molar-refractivity contribution in [1.29, 1.82) is 0 Å². The van der Waals surface area contributed by atoms with Crippen LogP contribution < -0.4 is 0 Å². The van der Waals surface area contributed by atoms with E-state index in [0.717, 1.165) is 11.1 Å². The summed E-state index contributed by atoms with van der Waals surface area (Å²) >= 11 is 0.